The highest BCUT2D eigenvalue weighted by Crippen LogP contribution is 2.30. The van der Waals surface area contributed by atoms with E-state index in [4.69, 9.17) is 0 Å². The summed E-state index contributed by atoms with van der Waals surface area (Å²) in [5.74, 6) is 0. The molecule has 0 N–H and O–H groups in total. The van der Waals surface area contributed by atoms with Gasteiger partial charge in [-0.05, 0) is 48.5 Å². The number of rotatable bonds is 4. The van der Waals surface area contributed by atoms with E-state index < -0.39 is 0 Å². The molecule has 0 heterocycles. The largest absolute Gasteiger partial charge is 0.378 e. The van der Waals surface area contributed by atoms with E-state index in [9.17, 15) is 0 Å². The molecule has 0 spiro atoms. The Hall–Kier alpha value is -1.61. The molecule has 0 saturated carbocycles. The highest BCUT2D eigenvalue weighted by Gasteiger charge is 2.00. The van der Waals surface area contributed by atoms with Gasteiger partial charge in [-0.15, -0.1) is 0 Å². The van der Waals surface area contributed by atoms with E-state index in [1.54, 1.807) is 11.8 Å². The topological polar surface area (TPSA) is 6.48 Å². The van der Waals surface area contributed by atoms with Crippen LogP contribution in [0.5, 0.6) is 0 Å². The van der Waals surface area contributed by atoms with E-state index in [1.165, 1.54) is 21.2 Å². The number of hydrogen-bond acceptors (Lipinski definition) is 3. The molecule has 2 rings (SSSR count). The first kappa shape index (κ1) is 13.8. The second kappa shape index (κ2) is 6.02. The van der Waals surface area contributed by atoms with Gasteiger partial charge in [-0.2, -0.15) is 0 Å². The van der Waals surface area contributed by atoms with E-state index >= 15 is 0 Å². The molecule has 100 valence electrons. The fourth-order valence-electron chi connectivity index (χ4n) is 1.76. The summed E-state index contributed by atoms with van der Waals surface area (Å²) < 4.78 is 0. The van der Waals surface area contributed by atoms with Crippen LogP contribution in [-0.4, -0.2) is 28.2 Å². The molecule has 0 bridgehead atoms. The Bertz CT molecular complexity index is 466. The maximum absolute atomic E-state index is 2.17. The third-order valence-electron chi connectivity index (χ3n) is 2.94. The molecule has 2 nitrogen and oxygen atoms in total. The van der Waals surface area contributed by atoms with Crippen LogP contribution in [-0.2, 0) is 0 Å². The Balaban J connectivity index is 2.08. The van der Waals surface area contributed by atoms with Crippen molar-refractivity contribution in [2.75, 3.05) is 38.0 Å². The molecule has 2 aromatic rings. The second-order valence-electron chi connectivity index (χ2n) is 4.88. The molecule has 0 atom stereocenters. The number of nitrogens with zero attached hydrogens (tertiary/aromatic N) is 2. The zero-order valence-electron chi connectivity index (χ0n) is 11.9. The Morgan fingerprint density at radius 3 is 1.16 bits per heavy atom. The summed E-state index contributed by atoms with van der Waals surface area (Å²) in [4.78, 5) is 6.76. The van der Waals surface area contributed by atoms with Gasteiger partial charge < -0.3 is 9.80 Å². The second-order valence-corrected chi connectivity index (χ2v) is 6.03. The van der Waals surface area contributed by atoms with Gasteiger partial charge in [0.15, 0.2) is 0 Å². The lowest BCUT2D eigenvalue weighted by Crippen LogP contribution is -2.08. The van der Waals surface area contributed by atoms with Crippen molar-refractivity contribution in [1.82, 2.24) is 0 Å². The zero-order valence-corrected chi connectivity index (χ0v) is 12.7. The third-order valence-corrected chi connectivity index (χ3v) is 3.96. The van der Waals surface area contributed by atoms with Gasteiger partial charge in [0.1, 0.15) is 0 Å². The van der Waals surface area contributed by atoms with Gasteiger partial charge in [-0.3, -0.25) is 0 Å². The van der Waals surface area contributed by atoms with Crippen molar-refractivity contribution >= 4 is 23.1 Å². The molecule has 0 radical (unpaired) electrons. The van der Waals surface area contributed by atoms with Crippen molar-refractivity contribution < 1.29 is 0 Å². The van der Waals surface area contributed by atoms with E-state index in [2.05, 4.69) is 86.5 Å². The summed E-state index contributed by atoms with van der Waals surface area (Å²) in [5, 5.41) is 0. The fourth-order valence-corrected chi connectivity index (χ4v) is 2.58. The van der Waals surface area contributed by atoms with Crippen molar-refractivity contribution in [3.8, 4) is 0 Å². The molecule has 0 aromatic heterocycles. The lowest BCUT2D eigenvalue weighted by atomic mass is 10.3. The Morgan fingerprint density at radius 2 is 0.895 bits per heavy atom. The van der Waals surface area contributed by atoms with Gasteiger partial charge in [0.25, 0.3) is 0 Å². The van der Waals surface area contributed by atoms with Gasteiger partial charge >= 0.3 is 0 Å². The molecule has 3 heteroatoms. The van der Waals surface area contributed by atoms with Gasteiger partial charge in [0.2, 0.25) is 0 Å². The molecule has 0 amide bonds. The average molecular weight is 272 g/mol. The van der Waals surface area contributed by atoms with Crippen LogP contribution < -0.4 is 9.80 Å². The summed E-state index contributed by atoms with van der Waals surface area (Å²) in [6.07, 6.45) is 0. The van der Waals surface area contributed by atoms with E-state index in [1.807, 2.05) is 0 Å². The molecule has 0 saturated heterocycles. The van der Waals surface area contributed by atoms with Crippen LogP contribution >= 0.6 is 11.8 Å². The predicted molar refractivity (Wildman–Crippen MR) is 85.7 cm³/mol. The van der Waals surface area contributed by atoms with Crippen LogP contribution in [0.1, 0.15) is 0 Å². The Labute approximate surface area is 120 Å². The smallest absolute Gasteiger partial charge is 0.0361 e. The molecule has 0 aliphatic rings. The van der Waals surface area contributed by atoms with Crippen molar-refractivity contribution in [2.24, 2.45) is 0 Å². The van der Waals surface area contributed by atoms with E-state index in [-0.39, 0.29) is 0 Å². The summed E-state index contributed by atoms with van der Waals surface area (Å²) in [6, 6.07) is 17.3. The summed E-state index contributed by atoms with van der Waals surface area (Å²) >= 11 is 1.79. The first-order valence-corrected chi connectivity index (χ1v) is 7.10. The van der Waals surface area contributed by atoms with Gasteiger partial charge in [-0.25, -0.2) is 0 Å². The summed E-state index contributed by atoms with van der Waals surface area (Å²) in [6.45, 7) is 0. The molecule has 0 fully saturated rings. The van der Waals surface area contributed by atoms with Gasteiger partial charge in [-0.1, -0.05) is 11.8 Å². The van der Waals surface area contributed by atoms with E-state index in [0.717, 1.165) is 0 Å². The standard InChI is InChI=1S/C16H20N2S/c1-17(2)13-5-9-15(10-6-13)19-16-11-7-14(8-12-16)18(3)4/h5-12H,1-4H3. The van der Waals surface area contributed by atoms with Crippen LogP contribution in [0.3, 0.4) is 0 Å². The normalized spacial score (nSPS) is 10.3. The van der Waals surface area contributed by atoms with Crippen molar-refractivity contribution in [3.05, 3.63) is 48.5 Å². The molecular weight excluding hydrogens is 252 g/mol. The van der Waals surface area contributed by atoms with Crippen molar-refractivity contribution in [3.63, 3.8) is 0 Å². The number of anilines is 2. The lowest BCUT2D eigenvalue weighted by molar-refractivity contribution is 1.12. The van der Waals surface area contributed by atoms with E-state index in [0.29, 0.717) is 0 Å². The van der Waals surface area contributed by atoms with Gasteiger partial charge in [0.05, 0.1) is 0 Å². The first-order chi connectivity index (χ1) is 9.06. The van der Waals surface area contributed by atoms with Crippen LogP contribution in [0.4, 0.5) is 11.4 Å². The zero-order chi connectivity index (χ0) is 13.8. The lowest BCUT2D eigenvalue weighted by Gasteiger charge is -2.13. The molecule has 19 heavy (non-hydrogen) atoms. The molecule has 0 aliphatic carbocycles. The third kappa shape index (κ3) is 3.67. The van der Waals surface area contributed by atoms with Crippen molar-refractivity contribution in [1.29, 1.82) is 0 Å². The minimum Gasteiger partial charge on any atom is -0.378 e. The quantitative estimate of drug-likeness (QED) is 0.831. The summed E-state index contributed by atoms with van der Waals surface area (Å²) in [7, 11) is 8.23. The first-order valence-electron chi connectivity index (χ1n) is 6.29. The Morgan fingerprint density at radius 1 is 0.579 bits per heavy atom. The average Bonchev–Trinajstić information content (AvgIpc) is 2.40. The molecule has 0 aliphatic heterocycles. The minimum atomic E-state index is 1.23. The monoisotopic (exact) mass is 272 g/mol. The van der Waals surface area contributed by atoms with Crippen molar-refractivity contribution in [2.45, 2.75) is 9.79 Å². The van der Waals surface area contributed by atoms with Crippen LogP contribution in [0.15, 0.2) is 58.3 Å². The molecular formula is C16H20N2S. The fraction of sp³-hybridized carbons (Fsp3) is 0.250. The summed E-state index contributed by atoms with van der Waals surface area (Å²) in [5.41, 5.74) is 2.46. The molecule has 2 aromatic carbocycles. The highest BCUT2D eigenvalue weighted by atomic mass is 32.2. The molecule has 0 unspecified atom stereocenters. The number of benzene rings is 2. The number of hydrogen-bond donors (Lipinski definition) is 0. The highest BCUT2D eigenvalue weighted by molar-refractivity contribution is 7.99. The SMILES string of the molecule is CN(C)c1ccc(Sc2ccc(N(C)C)cc2)cc1. The Kier molecular flexibility index (Phi) is 4.38. The maximum atomic E-state index is 2.17. The van der Waals surface area contributed by atoms with Crippen LogP contribution in [0, 0.1) is 0 Å². The van der Waals surface area contributed by atoms with Gasteiger partial charge in [0, 0.05) is 49.4 Å². The minimum absolute atomic E-state index is 1.23. The predicted octanol–water partition coefficient (Wildman–Crippen LogP) is 3.97. The van der Waals surface area contributed by atoms with Crippen LogP contribution in [0.25, 0.3) is 0 Å². The van der Waals surface area contributed by atoms with Crippen LogP contribution in [0.2, 0.25) is 0 Å². The maximum Gasteiger partial charge on any atom is 0.0361 e.